The number of aromatic nitrogens is 1. The summed E-state index contributed by atoms with van der Waals surface area (Å²) in [6.07, 6.45) is 1.53. The molecule has 2 aromatic carbocycles. The second kappa shape index (κ2) is 7.88. The van der Waals surface area contributed by atoms with Crippen LogP contribution in [0.1, 0.15) is 0 Å². The van der Waals surface area contributed by atoms with Gasteiger partial charge in [0.1, 0.15) is 16.2 Å². The summed E-state index contributed by atoms with van der Waals surface area (Å²) in [7, 11) is -2.13. The number of ether oxygens (including phenoxy) is 1. The lowest BCUT2D eigenvalue weighted by atomic mass is 10.2. The lowest BCUT2D eigenvalue weighted by Crippen LogP contribution is -2.18. The van der Waals surface area contributed by atoms with E-state index in [9.17, 15) is 29.2 Å². The van der Waals surface area contributed by atoms with Crippen molar-refractivity contribution in [1.29, 1.82) is 0 Å². The number of rotatable bonds is 6. The minimum absolute atomic E-state index is 0.165. The van der Waals surface area contributed by atoms with Gasteiger partial charge < -0.3 is 4.74 Å². The normalized spacial score (nSPS) is 11.7. The maximum atomic E-state index is 12.4. The molecule has 0 spiro atoms. The summed E-state index contributed by atoms with van der Waals surface area (Å²) < 4.78 is 17.6. The molecule has 3 aromatic rings. The number of nitro benzene ring substituents is 2. The Morgan fingerprint density at radius 1 is 1.07 bits per heavy atom. The van der Waals surface area contributed by atoms with E-state index in [1.54, 1.807) is 24.3 Å². The van der Waals surface area contributed by atoms with Gasteiger partial charge in [-0.05, 0) is 18.2 Å². The number of fused-ring (bicyclic) bond motifs is 1. The highest BCUT2D eigenvalue weighted by Gasteiger charge is 2.25. The minimum Gasteiger partial charge on any atom is -0.423 e. The van der Waals surface area contributed by atoms with Crippen molar-refractivity contribution in [1.82, 2.24) is 4.98 Å². The zero-order valence-electron chi connectivity index (χ0n) is 14.0. The Morgan fingerprint density at radius 2 is 1.82 bits per heavy atom. The lowest BCUT2D eigenvalue weighted by molar-refractivity contribution is -0.396. The third kappa shape index (κ3) is 3.99. The SMILES string of the molecule is O=C(CS(=O)c1ccc([N+](=O)[O-])cc1[N+](=O)[O-])Oc1cccc2cccnc12. The first-order valence-electron chi connectivity index (χ1n) is 7.72. The molecule has 142 valence electrons. The molecule has 1 heterocycles. The van der Waals surface area contributed by atoms with Crippen LogP contribution in [0, 0.1) is 20.2 Å². The smallest absolute Gasteiger partial charge is 0.324 e. The summed E-state index contributed by atoms with van der Waals surface area (Å²) in [5.41, 5.74) is -0.783. The number of carbonyl (C=O) groups is 1. The first kappa shape index (κ1) is 19.0. The number of nitrogens with zero attached hydrogens (tertiary/aromatic N) is 3. The number of hydrogen-bond acceptors (Lipinski definition) is 8. The van der Waals surface area contributed by atoms with E-state index in [-0.39, 0.29) is 10.6 Å². The van der Waals surface area contributed by atoms with E-state index in [2.05, 4.69) is 4.98 Å². The van der Waals surface area contributed by atoms with Gasteiger partial charge in [-0.3, -0.25) is 34.2 Å². The van der Waals surface area contributed by atoms with Crippen molar-refractivity contribution in [3.05, 3.63) is 75.0 Å². The van der Waals surface area contributed by atoms with E-state index in [1.165, 1.54) is 12.3 Å². The van der Waals surface area contributed by atoms with Crippen molar-refractivity contribution in [2.75, 3.05) is 5.75 Å². The number of benzene rings is 2. The maximum Gasteiger partial charge on any atom is 0.324 e. The van der Waals surface area contributed by atoms with Crippen LogP contribution in [0.4, 0.5) is 11.4 Å². The zero-order valence-corrected chi connectivity index (χ0v) is 14.8. The molecule has 0 aliphatic heterocycles. The van der Waals surface area contributed by atoms with Gasteiger partial charge >= 0.3 is 5.97 Å². The number of non-ortho nitro benzene ring substituents is 1. The molecule has 0 aliphatic rings. The molecule has 1 aromatic heterocycles. The molecule has 0 bridgehead atoms. The highest BCUT2D eigenvalue weighted by atomic mass is 32.2. The second-order valence-electron chi connectivity index (χ2n) is 5.46. The number of para-hydroxylation sites is 1. The van der Waals surface area contributed by atoms with Crippen LogP contribution in [-0.2, 0) is 15.6 Å². The van der Waals surface area contributed by atoms with Crippen molar-refractivity contribution in [2.24, 2.45) is 0 Å². The molecule has 0 saturated heterocycles. The minimum atomic E-state index is -2.13. The van der Waals surface area contributed by atoms with E-state index >= 15 is 0 Å². The molecule has 0 fully saturated rings. The lowest BCUT2D eigenvalue weighted by Gasteiger charge is -2.07. The number of pyridine rings is 1. The first-order chi connectivity index (χ1) is 13.4. The fourth-order valence-electron chi connectivity index (χ4n) is 2.45. The van der Waals surface area contributed by atoms with E-state index in [4.69, 9.17) is 4.74 Å². The molecule has 0 aliphatic carbocycles. The molecule has 3 rings (SSSR count). The number of esters is 1. The fraction of sp³-hybridized carbons (Fsp3) is 0.0588. The highest BCUT2D eigenvalue weighted by Crippen LogP contribution is 2.28. The van der Waals surface area contributed by atoms with Crippen LogP contribution in [0.3, 0.4) is 0 Å². The van der Waals surface area contributed by atoms with Gasteiger partial charge in [0, 0.05) is 17.6 Å². The van der Waals surface area contributed by atoms with Gasteiger partial charge in [-0.2, -0.15) is 0 Å². The van der Waals surface area contributed by atoms with Crippen LogP contribution in [0.15, 0.2) is 59.6 Å². The highest BCUT2D eigenvalue weighted by molar-refractivity contribution is 7.86. The summed E-state index contributed by atoms with van der Waals surface area (Å²) >= 11 is 0. The van der Waals surface area contributed by atoms with Crippen molar-refractivity contribution in [2.45, 2.75) is 4.90 Å². The molecule has 0 N–H and O–H groups in total. The van der Waals surface area contributed by atoms with Gasteiger partial charge in [-0.25, -0.2) is 0 Å². The van der Waals surface area contributed by atoms with Gasteiger partial charge in [-0.15, -0.1) is 0 Å². The molecular formula is C17H11N3O7S. The molecule has 0 radical (unpaired) electrons. The largest absolute Gasteiger partial charge is 0.423 e. The summed E-state index contributed by atoms with van der Waals surface area (Å²) in [6, 6.07) is 11.1. The Labute approximate surface area is 159 Å². The Bertz CT molecular complexity index is 1130. The number of hydrogen-bond donors (Lipinski definition) is 0. The Balaban J connectivity index is 1.82. The molecule has 10 nitrogen and oxygen atoms in total. The Kier molecular flexibility index (Phi) is 5.36. The third-order valence-electron chi connectivity index (χ3n) is 3.66. The van der Waals surface area contributed by atoms with Crippen molar-refractivity contribution < 1.29 is 23.6 Å². The Hall–Kier alpha value is -3.73. The quantitative estimate of drug-likeness (QED) is 0.265. The van der Waals surface area contributed by atoms with E-state index in [0.717, 1.165) is 17.5 Å². The maximum absolute atomic E-state index is 12.4. The molecular weight excluding hydrogens is 390 g/mol. The van der Waals surface area contributed by atoms with Gasteiger partial charge in [-0.1, -0.05) is 18.2 Å². The van der Waals surface area contributed by atoms with Crippen molar-refractivity contribution in [3.63, 3.8) is 0 Å². The molecule has 0 saturated carbocycles. The van der Waals surface area contributed by atoms with Gasteiger partial charge in [0.15, 0.2) is 5.75 Å². The monoisotopic (exact) mass is 401 g/mol. The summed E-state index contributed by atoms with van der Waals surface area (Å²) in [4.78, 5) is 36.2. The average Bonchev–Trinajstić information content (AvgIpc) is 2.67. The summed E-state index contributed by atoms with van der Waals surface area (Å²) in [5.74, 6) is -1.38. The second-order valence-corrected chi connectivity index (χ2v) is 6.88. The first-order valence-corrected chi connectivity index (χ1v) is 9.04. The topological polar surface area (TPSA) is 143 Å². The van der Waals surface area contributed by atoms with E-state index < -0.39 is 43.7 Å². The van der Waals surface area contributed by atoms with Gasteiger partial charge in [0.05, 0.1) is 26.7 Å². The molecule has 28 heavy (non-hydrogen) atoms. The number of carbonyl (C=O) groups excluding carboxylic acids is 1. The third-order valence-corrected chi connectivity index (χ3v) is 5.00. The standard InChI is InChI=1S/C17H11N3O7S/c21-16(27-14-5-1-3-11-4-2-8-18-17(11)14)10-28(26)15-7-6-12(19(22)23)9-13(15)20(24)25/h1-9H,10H2. The van der Waals surface area contributed by atoms with Crippen LogP contribution in [0.5, 0.6) is 5.75 Å². The average molecular weight is 401 g/mol. The van der Waals surface area contributed by atoms with Crippen LogP contribution < -0.4 is 4.74 Å². The van der Waals surface area contributed by atoms with Crippen LogP contribution >= 0.6 is 0 Å². The fourth-order valence-corrected chi connectivity index (χ4v) is 3.47. The number of nitro groups is 2. The predicted octanol–water partition coefficient (Wildman–Crippen LogP) is 2.76. The van der Waals surface area contributed by atoms with Gasteiger partial charge in [0.25, 0.3) is 11.4 Å². The molecule has 1 unspecified atom stereocenters. The predicted molar refractivity (Wildman–Crippen MR) is 98.4 cm³/mol. The summed E-state index contributed by atoms with van der Waals surface area (Å²) in [6.45, 7) is 0. The van der Waals surface area contributed by atoms with Crippen molar-refractivity contribution in [3.8, 4) is 5.75 Å². The summed E-state index contributed by atoms with van der Waals surface area (Å²) in [5, 5.41) is 22.7. The van der Waals surface area contributed by atoms with Gasteiger partial charge in [0.2, 0.25) is 0 Å². The van der Waals surface area contributed by atoms with Crippen molar-refractivity contribution >= 4 is 39.0 Å². The van der Waals surface area contributed by atoms with E-state index in [1.807, 2.05) is 0 Å². The molecule has 1 atom stereocenters. The van der Waals surface area contributed by atoms with Crippen LogP contribution in [0.2, 0.25) is 0 Å². The molecule has 11 heteroatoms. The Morgan fingerprint density at radius 3 is 2.54 bits per heavy atom. The van der Waals surface area contributed by atoms with Crippen LogP contribution in [-0.4, -0.2) is 30.8 Å². The van der Waals surface area contributed by atoms with E-state index in [0.29, 0.717) is 11.6 Å². The molecule has 0 amide bonds. The zero-order chi connectivity index (χ0) is 20.3. The van der Waals surface area contributed by atoms with Crippen LogP contribution in [0.25, 0.3) is 10.9 Å².